The molecule has 0 spiro atoms. The number of carbonyl (C=O) groups is 2. The Morgan fingerprint density at radius 1 is 0.966 bits per heavy atom. The molecule has 2 atom stereocenters. The van der Waals surface area contributed by atoms with Crippen molar-refractivity contribution in [1.29, 1.82) is 0 Å². The minimum absolute atomic E-state index is 0.0347. The maximum Gasteiger partial charge on any atom is 0.242 e. The van der Waals surface area contributed by atoms with E-state index in [1.54, 1.807) is 42.2 Å². The summed E-state index contributed by atoms with van der Waals surface area (Å²) in [7, 11) is 0. The van der Waals surface area contributed by atoms with E-state index in [9.17, 15) is 9.59 Å². The van der Waals surface area contributed by atoms with Crippen molar-refractivity contribution in [1.82, 2.24) is 10.2 Å². The van der Waals surface area contributed by atoms with Crippen molar-refractivity contribution in [3.63, 3.8) is 0 Å². The molecule has 0 aliphatic heterocycles. The number of hydrogen-bond donors (Lipinski definition) is 1. The first-order valence-electron chi connectivity index (χ1n) is 9.49. The molecule has 0 aromatic heterocycles. The third-order valence-electron chi connectivity index (χ3n) is 4.77. The Morgan fingerprint density at radius 3 is 2.17 bits per heavy atom. The highest BCUT2D eigenvalue weighted by atomic mass is 35.5. The average Bonchev–Trinajstić information content (AvgIpc) is 2.69. The SMILES string of the molecule is CCC(C)NC(=O)C(C)N(Cc1ccc(Cl)cc1)C(=O)Cc1ccc(Cl)c(Cl)c1. The molecule has 0 fully saturated rings. The van der Waals surface area contributed by atoms with Gasteiger partial charge in [-0.1, -0.05) is 59.9 Å². The van der Waals surface area contributed by atoms with Crippen LogP contribution in [0.5, 0.6) is 0 Å². The molecule has 156 valence electrons. The normalized spacial score (nSPS) is 12.9. The number of nitrogens with one attached hydrogen (secondary N) is 1. The Kier molecular flexibility index (Phi) is 8.81. The lowest BCUT2D eigenvalue weighted by Gasteiger charge is -2.30. The quantitative estimate of drug-likeness (QED) is 0.569. The van der Waals surface area contributed by atoms with E-state index in [4.69, 9.17) is 34.8 Å². The molecule has 0 radical (unpaired) electrons. The molecule has 0 saturated carbocycles. The van der Waals surface area contributed by atoms with Crippen molar-refractivity contribution in [2.45, 2.75) is 52.2 Å². The Labute approximate surface area is 187 Å². The van der Waals surface area contributed by atoms with E-state index in [1.165, 1.54) is 0 Å². The van der Waals surface area contributed by atoms with Crippen LogP contribution in [-0.4, -0.2) is 28.8 Å². The topological polar surface area (TPSA) is 49.4 Å². The van der Waals surface area contributed by atoms with Crippen LogP contribution >= 0.6 is 34.8 Å². The van der Waals surface area contributed by atoms with Gasteiger partial charge in [-0.25, -0.2) is 0 Å². The number of hydrogen-bond acceptors (Lipinski definition) is 2. The lowest BCUT2D eigenvalue weighted by molar-refractivity contribution is -0.140. The van der Waals surface area contributed by atoms with Gasteiger partial charge in [0.1, 0.15) is 6.04 Å². The second-order valence-electron chi connectivity index (χ2n) is 7.07. The molecule has 2 aromatic rings. The van der Waals surface area contributed by atoms with Gasteiger partial charge in [-0.3, -0.25) is 9.59 Å². The minimum Gasteiger partial charge on any atom is -0.352 e. The Balaban J connectivity index is 2.23. The summed E-state index contributed by atoms with van der Waals surface area (Å²) >= 11 is 18.0. The molecule has 7 heteroatoms. The lowest BCUT2D eigenvalue weighted by atomic mass is 10.1. The molecule has 1 N–H and O–H groups in total. The summed E-state index contributed by atoms with van der Waals surface area (Å²) in [6.07, 6.45) is 0.929. The zero-order chi connectivity index (χ0) is 21.6. The molecule has 0 saturated heterocycles. The summed E-state index contributed by atoms with van der Waals surface area (Å²) in [5.74, 6) is -0.360. The molecule has 0 aliphatic rings. The molecule has 29 heavy (non-hydrogen) atoms. The largest absolute Gasteiger partial charge is 0.352 e. The summed E-state index contributed by atoms with van der Waals surface area (Å²) in [5.41, 5.74) is 1.63. The third-order valence-corrected chi connectivity index (χ3v) is 5.76. The summed E-state index contributed by atoms with van der Waals surface area (Å²) in [4.78, 5) is 27.4. The van der Waals surface area contributed by atoms with Crippen molar-refractivity contribution in [3.05, 3.63) is 68.7 Å². The first-order valence-corrected chi connectivity index (χ1v) is 10.6. The molecule has 0 bridgehead atoms. The van der Waals surface area contributed by atoms with Gasteiger partial charge in [0, 0.05) is 17.6 Å². The standard InChI is InChI=1S/C22H25Cl3N2O2/c1-4-14(2)26-22(29)15(3)27(13-16-5-8-18(23)9-6-16)21(28)12-17-7-10-19(24)20(25)11-17/h5-11,14-15H,4,12-13H2,1-3H3,(H,26,29). The fourth-order valence-corrected chi connectivity index (χ4v) is 3.21. The fourth-order valence-electron chi connectivity index (χ4n) is 2.76. The summed E-state index contributed by atoms with van der Waals surface area (Å²) in [5, 5.41) is 4.39. The number of halogens is 3. The molecule has 2 aromatic carbocycles. The van der Waals surface area contributed by atoms with E-state index in [0.717, 1.165) is 17.5 Å². The van der Waals surface area contributed by atoms with Crippen molar-refractivity contribution >= 4 is 46.6 Å². The van der Waals surface area contributed by atoms with E-state index in [-0.39, 0.29) is 24.3 Å². The van der Waals surface area contributed by atoms with Crippen molar-refractivity contribution in [2.75, 3.05) is 0 Å². The predicted octanol–water partition coefficient (Wildman–Crippen LogP) is 5.52. The van der Waals surface area contributed by atoms with Crippen LogP contribution in [0.2, 0.25) is 15.1 Å². The van der Waals surface area contributed by atoms with Crippen LogP contribution in [-0.2, 0) is 22.6 Å². The van der Waals surface area contributed by atoms with E-state index in [2.05, 4.69) is 5.32 Å². The Bertz CT molecular complexity index is 856. The molecule has 0 heterocycles. The maximum absolute atomic E-state index is 13.1. The second-order valence-corrected chi connectivity index (χ2v) is 8.32. The van der Waals surface area contributed by atoms with Crippen molar-refractivity contribution in [3.8, 4) is 0 Å². The fraction of sp³-hybridized carbons (Fsp3) is 0.364. The Morgan fingerprint density at radius 2 is 1.59 bits per heavy atom. The number of amides is 2. The molecular weight excluding hydrogens is 431 g/mol. The van der Waals surface area contributed by atoms with E-state index >= 15 is 0 Å². The lowest BCUT2D eigenvalue weighted by Crippen LogP contribution is -2.49. The van der Waals surface area contributed by atoms with Crippen LogP contribution in [0.1, 0.15) is 38.3 Å². The molecule has 2 rings (SSSR count). The van der Waals surface area contributed by atoms with Gasteiger partial charge in [-0.2, -0.15) is 0 Å². The minimum atomic E-state index is -0.630. The van der Waals surface area contributed by atoms with Crippen molar-refractivity contribution in [2.24, 2.45) is 0 Å². The van der Waals surface area contributed by atoms with Gasteiger partial charge in [0.25, 0.3) is 0 Å². The van der Waals surface area contributed by atoms with Gasteiger partial charge in [0.15, 0.2) is 0 Å². The van der Waals surface area contributed by atoms with Crippen LogP contribution in [0.4, 0.5) is 0 Å². The van der Waals surface area contributed by atoms with Crippen LogP contribution in [0.3, 0.4) is 0 Å². The molecule has 4 nitrogen and oxygen atoms in total. The predicted molar refractivity (Wildman–Crippen MR) is 120 cm³/mol. The first-order chi connectivity index (χ1) is 13.7. The van der Waals surface area contributed by atoms with Crippen LogP contribution in [0, 0.1) is 0 Å². The van der Waals surface area contributed by atoms with Gasteiger partial charge in [0.05, 0.1) is 16.5 Å². The maximum atomic E-state index is 13.1. The highest BCUT2D eigenvalue weighted by Crippen LogP contribution is 2.23. The van der Waals surface area contributed by atoms with Gasteiger partial charge in [-0.15, -0.1) is 0 Å². The molecule has 2 amide bonds. The number of rotatable bonds is 8. The monoisotopic (exact) mass is 454 g/mol. The second kappa shape index (κ2) is 10.9. The van der Waals surface area contributed by atoms with Gasteiger partial charge < -0.3 is 10.2 Å². The Hall–Kier alpha value is -1.75. The van der Waals surface area contributed by atoms with E-state index in [0.29, 0.717) is 21.6 Å². The summed E-state index contributed by atoms with van der Waals surface area (Å²) < 4.78 is 0. The van der Waals surface area contributed by atoms with Crippen LogP contribution in [0.15, 0.2) is 42.5 Å². The van der Waals surface area contributed by atoms with Crippen LogP contribution in [0.25, 0.3) is 0 Å². The number of nitrogens with zero attached hydrogens (tertiary/aromatic N) is 1. The summed E-state index contributed by atoms with van der Waals surface area (Å²) in [6.45, 7) is 5.97. The average molecular weight is 456 g/mol. The summed E-state index contributed by atoms with van der Waals surface area (Å²) in [6, 6.07) is 11.7. The van der Waals surface area contributed by atoms with E-state index < -0.39 is 6.04 Å². The van der Waals surface area contributed by atoms with Crippen LogP contribution < -0.4 is 5.32 Å². The smallest absolute Gasteiger partial charge is 0.242 e. The zero-order valence-corrected chi connectivity index (χ0v) is 19.0. The molecule has 0 aliphatic carbocycles. The highest BCUT2D eigenvalue weighted by molar-refractivity contribution is 6.42. The first kappa shape index (κ1) is 23.5. The van der Waals surface area contributed by atoms with Gasteiger partial charge in [-0.05, 0) is 55.7 Å². The molecular formula is C22H25Cl3N2O2. The van der Waals surface area contributed by atoms with Gasteiger partial charge in [0.2, 0.25) is 11.8 Å². The number of benzene rings is 2. The highest BCUT2D eigenvalue weighted by Gasteiger charge is 2.27. The third kappa shape index (κ3) is 6.91. The van der Waals surface area contributed by atoms with E-state index in [1.807, 2.05) is 26.0 Å². The van der Waals surface area contributed by atoms with Crippen molar-refractivity contribution < 1.29 is 9.59 Å². The number of carbonyl (C=O) groups excluding carboxylic acids is 2. The molecule has 2 unspecified atom stereocenters. The van der Waals surface area contributed by atoms with Gasteiger partial charge >= 0.3 is 0 Å². The zero-order valence-electron chi connectivity index (χ0n) is 16.7.